The Hall–Kier alpha value is -2.89. The summed E-state index contributed by atoms with van der Waals surface area (Å²) in [4.78, 5) is 36.6. The van der Waals surface area contributed by atoms with Crippen molar-refractivity contribution in [1.82, 2.24) is 15.2 Å². The highest BCUT2D eigenvalue weighted by Gasteiger charge is 2.27. The summed E-state index contributed by atoms with van der Waals surface area (Å²) >= 11 is 0. The summed E-state index contributed by atoms with van der Waals surface area (Å²) in [7, 11) is 0. The van der Waals surface area contributed by atoms with Gasteiger partial charge in [0.1, 0.15) is 5.69 Å². The number of hydrogen-bond donors (Lipinski definition) is 2. The summed E-state index contributed by atoms with van der Waals surface area (Å²) < 4.78 is 1.96. The second kappa shape index (κ2) is 7.02. The van der Waals surface area contributed by atoms with Gasteiger partial charge < -0.3 is 15.2 Å². The first kappa shape index (κ1) is 17.5. The summed E-state index contributed by atoms with van der Waals surface area (Å²) in [5.41, 5.74) is 2.11. The first-order chi connectivity index (χ1) is 13.1. The molecule has 6 nitrogen and oxygen atoms in total. The van der Waals surface area contributed by atoms with Crippen LogP contribution in [-0.4, -0.2) is 34.8 Å². The van der Waals surface area contributed by atoms with Crippen molar-refractivity contribution in [2.75, 3.05) is 6.54 Å². The summed E-state index contributed by atoms with van der Waals surface area (Å²) in [6.07, 6.45) is 4.72. The summed E-state index contributed by atoms with van der Waals surface area (Å²) in [5.74, 6) is -0.193. The van der Waals surface area contributed by atoms with E-state index in [2.05, 4.69) is 17.2 Å². The zero-order valence-corrected chi connectivity index (χ0v) is 15.2. The Morgan fingerprint density at radius 2 is 2.11 bits per heavy atom. The molecule has 0 bridgehead atoms. The molecule has 1 aliphatic heterocycles. The molecule has 140 valence electrons. The van der Waals surface area contributed by atoms with Crippen molar-refractivity contribution in [2.24, 2.45) is 5.92 Å². The molecule has 1 fully saturated rings. The van der Waals surface area contributed by atoms with E-state index in [1.807, 2.05) is 22.8 Å². The number of fused-ring (bicyclic) bond motifs is 3. The van der Waals surface area contributed by atoms with Crippen LogP contribution in [0.15, 0.2) is 36.9 Å². The Kier molecular flexibility index (Phi) is 4.56. The average Bonchev–Trinajstić information content (AvgIpc) is 3.07. The van der Waals surface area contributed by atoms with Gasteiger partial charge in [-0.25, -0.2) is 0 Å². The first-order valence-corrected chi connectivity index (χ1v) is 9.45. The lowest BCUT2D eigenvalue weighted by Gasteiger charge is -2.28. The van der Waals surface area contributed by atoms with Crippen molar-refractivity contribution in [3.8, 4) is 0 Å². The molecule has 1 aliphatic carbocycles. The molecular weight excluding hydrogens is 342 g/mol. The first-order valence-electron chi connectivity index (χ1n) is 9.45. The minimum absolute atomic E-state index is 0.00264. The largest absolute Gasteiger partial charge is 0.349 e. The van der Waals surface area contributed by atoms with Gasteiger partial charge in [0, 0.05) is 41.5 Å². The van der Waals surface area contributed by atoms with Gasteiger partial charge in [-0.15, -0.1) is 0 Å². The van der Waals surface area contributed by atoms with Crippen LogP contribution in [0.4, 0.5) is 0 Å². The van der Waals surface area contributed by atoms with E-state index in [1.54, 1.807) is 6.07 Å². The maximum Gasteiger partial charge on any atom is 0.268 e. The molecule has 2 heterocycles. The van der Waals surface area contributed by atoms with Crippen LogP contribution < -0.4 is 10.6 Å². The van der Waals surface area contributed by atoms with E-state index < -0.39 is 0 Å². The van der Waals surface area contributed by atoms with E-state index in [0.717, 1.165) is 30.2 Å². The monoisotopic (exact) mass is 365 g/mol. The van der Waals surface area contributed by atoms with E-state index >= 15 is 0 Å². The molecule has 4 rings (SSSR count). The highest BCUT2D eigenvalue weighted by molar-refractivity contribution is 6.02. The van der Waals surface area contributed by atoms with Crippen LogP contribution in [0.5, 0.6) is 0 Å². The van der Waals surface area contributed by atoms with Gasteiger partial charge in [-0.1, -0.05) is 19.1 Å². The third-order valence-corrected chi connectivity index (χ3v) is 5.63. The Morgan fingerprint density at radius 1 is 1.26 bits per heavy atom. The number of nitrogens with zero attached hydrogens (tertiary/aromatic N) is 1. The van der Waals surface area contributed by atoms with Gasteiger partial charge in [-0.2, -0.15) is 0 Å². The third-order valence-electron chi connectivity index (χ3n) is 5.63. The predicted octanol–water partition coefficient (Wildman–Crippen LogP) is 2.43. The van der Waals surface area contributed by atoms with E-state index in [4.69, 9.17) is 0 Å². The Morgan fingerprint density at radius 3 is 2.93 bits per heavy atom. The van der Waals surface area contributed by atoms with Gasteiger partial charge in [0.15, 0.2) is 5.78 Å². The summed E-state index contributed by atoms with van der Waals surface area (Å²) in [6, 6.07) is 7.38. The summed E-state index contributed by atoms with van der Waals surface area (Å²) in [6.45, 7) is 4.85. The molecule has 2 amide bonds. The molecule has 27 heavy (non-hydrogen) atoms. The standard InChI is InChI=1S/C21H23N3O3/c1-2-19(25)14-4-3-5-16(10-14)23-20(26)15-7-6-13-11-18-21(27)22-8-9-24(18)17(13)12-15/h2,6-7,11-12,14,16H,1,3-5,8-10H2,(H,22,27)(H,23,26)/t14?,16-/m0/s1. The fourth-order valence-electron chi connectivity index (χ4n) is 4.21. The van der Waals surface area contributed by atoms with Crippen molar-refractivity contribution in [3.63, 3.8) is 0 Å². The van der Waals surface area contributed by atoms with Crippen molar-refractivity contribution >= 4 is 28.5 Å². The lowest BCUT2D eigenvalue weighted by Crippen LogP contribution is -2.39. The van der Waals surface area contributed by atoms with Crippen LogP contribution in [0.1, 0.15) is 46.5 Å². The molecule has 1 saturated carbocycles. The van der Waals surface area contributed by atoms with Gasteiger partial charge >= 0.3 is 0 Å². The highest BCUT2D eigenvalue weighted by atomic mass is 16.2. The lowest BCUT2D eigenvalue weighted by atomic mass is 9.83. The number of carbonyl (C=O) groups is 3. The van der Waals surface area contributed by atoms with Crippen LogP contribution in [-0.2, 0) is 11.3 Å². The molecule has 6 heteroatoms. The summed E-state index contributed by atoms with van der Waals surface area (Å²) in [5, 5.41) is 6.86. The Balaban J connectivity index is 1.53. The molecule has 1 unspecified atom stereocenters. The van der Waals surface area contributed by atoms with Crippen LogP contribution in [0, 0.1) is 5.92 Å². The van der Waals surface area contributed by atoms with Gasteiger partial charge in [0.25, 0.3) is 11.8 Å². The maximum atomic E-state index is 12.8. The molecule has 2 aromatic rings. The third kappa shape index (κ3) is 3.27. The van der Waals surface area contributed by atoms with Crippen molar-refractivity contribution < 1.29 is 14.4 Å². The van der Waals surface area contributed by atoms with Crippen LogP contribution >= 0.6 is 0 Å². The smallest absolute Gasteiger partial charge is 0.268 e. The molecule has 2 aliphatic rings. The Bertz CT molecular complexity index is 944. The second-order valence-corrected chi connectivity index (χ2v) is 7.35. The number of aromatic nitrogens is 1. The second-order valence-electron chi connectivity index (χ2n) is 7.35. The van der Waals surface area contributed by atoms with Crippen LogP contribution in [0.2, 0.25) is 0 Å². The molecule has 0 spiro atoms. The number of amides is 2. The highest BCUT2D eigenvalue weighted by Crippen LogP contribution is 2.26. The van der Waals surface area contributed by atoms with E-state index in [-0.39, 0.29) is 29.6 Å². The lowest BCUT2D eigenvalue weighted by molar-refractivity contribution is -0.119. The van der Waals surface area contributed by atoms with E-state index in [1.165, 1.54) is 6.08 Å². The van der Waals surface area contributed by atoms with Crippen LogP contribution in [0.3, 0.4) is 0 Å². The normalized spacial score (nSPS) is 22.0. The molecule has 2 N–H and O–H groups in total. The zero-order valence-electron chi connectivity index (χ0n) is 15.2. The molecule has 2 atom stereocenters. The quantitative estimate of drug-likeness (QED) is 0.817. The van der Waals surface area contributed by atoms with Gasteiger partial charge in [-0.3, -0.25) is 14.4 Å². The molecule has 1 aromatic carbocycles. The van der Waals surface area contributed by atoms with Gasteiger partial charge in [0.05, 0.1) is 0 Å². The van der Waals surface area contributed by atoms with Crippen molar-refractivity contribution in [2.45, 2.75) is 38.3 Å². The minimum atomic E-state index is -0.135. The topological polar surface area (TPSA) is 80.2 Å². The number of ketones is 1. The number of nitrogens with one attached hydrogen (secondary N) is 2. The molecule has 0 radical (unpaired) electrons. The SMILES string of the molecule is C=CC(=O)C1CCC[C@H](NC(=O)c2ccc3cc4n(c3c2)CCNC4=O)C1. The van der Waals surface area contributed by atoms with Crippen molar-refractivity contribution in [3.05, 3.63) is 48.2 Å². The number of carbonyl (C=O) groups excluding carboxylic acids is 3. The number of rotatable bonds is 4. The van der Waals surface area contributed by atoms with Gasteiger partial charge in [-0.05, 0) is 43.5 Å². The number of allylic oxidation sites excluding steroid dienone is 1. The predicted molar refractivity (Wildman–Crippen MR) is 103 cm³/mol. The number of hydrogen-bond acceptors (Lipinski definition) is 3. The number of benzene rings is 1. The molecule has 0 saturated heterocycles. The van der Waals surface area contributed by atoms with Gasteiger partial charge in [0.2, 0.25) is 0 Å². The van der Waals surface area contributed by atoms with E-state index in [0.29, 0.717) is 30.8 Å². The van der Waals surface area contributed by atoms with Crippen LogP contribution in [0.25, 0.3) is 10.9 Å². The molecular formula is C21H23N3O3. The zero-order chi connectivity index (χ0) is 19.0. The fourth-order valence-corrected chi connectivity index (χ4v) is 4.21. The minimum Gasteiger partial charge on any atom is -0.349 e. The van der Waals surface area contributed by atoms with Crippen molar-refractivity contribution in [1.29, 1.82) is 0 Å². The van der Waals surface area contributed by atoms with E-state index in [9.17, 15) is 14.4 Å². The maximum absolute atomic E-state index is 12.8. The Labute approximate surface area is 157 Å². The molecule has 1 aromatic heterocycles. The fraction of sp³-hybridized carbons (Fsp3) is 0.381. The average molecular weight is 365 g/mol.